The Morgan fingerprint density at radius 1 is 1.29 bits per heavy atom. The van der Waals surface area contributed by atoms with E-state index in [0.29, 0.717) is 0 Å². The van der Waals surface area contributed by atoms with Crippen molar-refractivity contribution in [3.8, 4) is 0 Å². The highest BCUT2D eigenvalue weighted by atomic mass is 19.4. The first-order valence-electron chi connectivity index (χ1n) is 6.58. The van der Waals surface area contributed by atoms with E-state index in [0.717, 1.165) is 12.1 Å². The summed E-state index contributed by atoms with van der Waals surface area (Å²) >= 11 is 0. The van der Waals surface area contributed by atoms with Crippen LogP contribution in [0.4, 0.5) is 17.6 Å². The number of carboxylic acids is 1. The Morgan fingerprint density at radius 3 is 2.43 bits per heavy atom. The van der Waals surface area contributed by atoms with Gasteiger partial charge < -0.3 is 5.11 Å². The lowest BCUT2D eigenvalue weighted by molar-refractivity contribution is -0.185. The summed E-state index contributed by atoms with van der Waals surface area (Å²) in [6.45, 7) is 0.587. The average molecular weight is 305 g/mol. The summed E-state index contributed by atoms with van der Waals surface area (Å²) in [5.74, 6) is -3.03. The second kappa shape index (κ2) is 6.01. The number of hydrogen-bond donors (Lipinski definition) is 1. The maximum atomic E-state index is 13.2. The van der Waals surface area contributed by atoms with E-state index >= 15 is 0 Å². The molecule has 1 N–H and O–H groups in total. The van der Waals surface area contributed by atoms with E-state index in [1.54, 1.807) is 4.90 Å². The molecule has 1 heterocycles. The van der Waals surface area contributed by atoms with Gasteiger partial charge in [0.2, 0.25) is 0 Å². The Balaban J connectivity index is 2.04. The van der Waals surface area contributed by atoms with E-state index in [1.807, 2.05) is 0 Å². The second-order valence-electron chi connectivity index (χ2n) is 5.20. The van der Waals surface area contributed by atoms with E-state index in [1.165, 1.54) is 6.07 Å². The number of halogens is 4. The molecule has 1 saturated heterocycles. The highest BCUT2D eigenvalue weighted by Crippen LogP contribution is 2.34. The number of alkyl halides is 3. The van der Waals surface area contributed by atoms with Gasteiger partial charge in [-0.2, -0.15) is 13.2 Å². The number of likely N-dealkylation sites (tertiary alicyclic amines) is 1. The van der Waals surface area contributed by atoms with Gasteiger partial charge in [0, 0.05) is 6.54 Å². The molecule has 0 bridgehead atoms. The van der Waals surface area contributed by atoms with Crippen LogP contribution in [0.5, 0.6) is 0 Å². The standard InChI is InChI=1S/C14H15F4NO2/c15-11-1-2-12(13(20)21)9(7-11)8-19-5-3-10(4-6-19)14(16,17)18/h1-2,7,10H,3-6,8H2,(H,20,21). The van der Waals surface area contributed by atoms with Gasteiger partial charge in [-0.25, -0.2) is 9.18 Å². The number of piperidine rings is 1. The summed E-state index contributed by atoms with van der Waals surface area (Å²) in [7, 11) is 0. The normalized spacial score (nSPS) is 17.9. The Bertz CT molecular complexity index is 522. The van der Waals surface area contributed by atoms with Crippen molar-refractivity contribution in [2.45, 2.75) is 25.6 Å². The summed E-state index contributed by atoms with van der Waals surface area (Å²) in [6.07, 6.45) is -4.21. The molecule has 1 fully saturated rings. The lowest BCUT2D eigenvalue weighted by atomic mass is 9.95. The summed E-state index contributed by atoms with van der Waals surface area (Å²) < 4.78 is 50.9. The number of carbonyl (C=O) groups is 1. The smallest absolute Gasteiger partial charge is 0.391 e. The molecule has 2 rings (SSSR count). The van der Waals surface area contributed by atoms with Crippen molar-refractivity contribution >= 4 is 5.97 Å². The quantitative estimate of drug-likeness (QED) is 0.871. The number of nitrogens with zero attached hydrogens (tertiary/aromatic N) is 1. The van der Waals surface area contributed by atoms with Crippen LogP contribution in [-0.2, 0) is 6.54 Å². The predicted octanol–water partition coefficient (Wildman–Crippen LogP) is 3.30. The minimum absolute atomic E-state index is 0.0127. The van der Waals surface area contributed by atoms with Crippen LogP contribution in [0.1, 0.15) is 28.8 Å². The van der Waals surface area contributed by atoms with Gasteiger partial charge in [0.25, 0.3) is 0 Å². The molecule has 0 amide bonds. The first-order chi connectivity index (χ1) is 9.77. The summed E-state index contributed by atoms with van der Waals surface area (Å²) in [5.41, 5.74) is 0.266. The first-order valence-corrected chi connectivity index (χ1v) is 6.58. The topological polar surface area (TPSA) is 40.5 Å². The van der Waals surface area contributed by atoms with Crippen molar-refractivity contribution < 1.29 is 27.5 Å². The maximum absolute atomic E-state index is 13.2. The number of hydrogen-bond acceptors (Lipinski definition) is 2. The second-order valence-corrected chi connectivity index (χ2v) is 5.20. The van der Waals surface area contributed by atoms with Crippen LogP contribution < -0.4 is 0 Å². The first kappa shape index (κ1) is 15.8. The van der Waals surface area contributed by atoms with Crippen LogP contribution >= 0.6 is 0 Å². The Labute approximate surface area is 119 Å². The van der Waals surface area contributed by atoms with E-state index in [4.69, 9.17) is 5.11 Å². The molecule has 7 heteroatoms. The lowest BCUT2D eigenvalue weighted by Crippen LogP contribution is -2.38. The third kappa shape index (κ3) is 3.93. The SMILES string of the molecule is O=C(O)c1ccc(F)cc1CN1CCC(C(F)(F)F)CC1. The fourth-order valence-electron chi connectivity index (χ4n) is 2.56. The third-order valence-electron chi connectivity index (χ3n) is 3.74. The number of rotatable bonds is 3. The van der Waals surface area contributed by atoms with E-state index in [2.05, 4.69) is 0 Å². The van der Waals surface area contributed by atoms with Gasteiger partial charge in [0.15, 0.2) is 0 Å². The van der Waals surface area contributed by atoms with Gasteiger partial charge >= 0.3 is 12.1 Å². The van der Waals surface area contributed by atoms with Crippen molar-refractivity contribution in [2.75, 3.05) is 13.1 Å². The van der Waals surface area contributed by atoms with Gasteiger partial charge in [-0.1, -0.05) is 0 Å². The minimum atomic E-state index is -4.18. The summed E-state index contributed by atoms with van der Waals surface area (Å²) in [5, 5.41) is 9.05. The lowest BCUT2D eigenvalue weighted by Gasteiger charge is -2.33. The van der Waals surface area contributed by atoms with Crippen molar-refractivity contribution in [3.63, 3.8) is 0 Å². The molecular weight excluding hydrogens is 290 g/mol. The van der Waals surface area contributed by atoms with E-state index in [-0.39, 0.29) is 43.6 Å². The molecule has 0 spiro atoms. The van der Waals surface area contributed by atoms with Gasteiger partial charge in [0.05, 0.1) is 11.5 Å². The van der Waals surface area contributed by atoms with Crippen molar-refractivity contribution in [1.29, 1.82) is 0 Å². The maximum Gasteiger partial charge on any atom is 0.391 e. The molecule has 3 nitrogen and oxygen atoms in total. The van der Waals surface area contributed by atoms with Crippen LogP contribution in [0.2, 0.25) is 0 Å². The monoisotopic (exact) mass is 305 g/mol. The molecule has 0 atom stereocenters. The fourth-order valence-corrected chi connectivity index (χ4v) is 2.56. The Hall–Kier alpha value is -1.63. The molecule has 1 aliphatic heterocycles. The third-order valence-corrected chi connectivity index (χ3v) is 3.74. The molecule has 1 aromatic rings. The predicted molar refractivity (Wildman–Crippen MR) is 67.4 cm³/mol. The van der Waals surface area contributed by atoms with Crippen molar-refractivity contribution in [1.82, 2.24) is 4.90 Å². The average Bonchev–Trinajstić information content (AvgIpc) is 2.38. The van der Waals surface area contributed by atoms with Gasteiger partial charge in [0.1, 0.15) is 5.82 Å². The molecule has 0 aliphatic carbocycles. The fraction of sp³-hybridized carbons (Fsp3) is 0.500. The summed E-state index contributed by atoms with van der Waals surface area (Å²) in [4.78, 5) is 12.8. The van der Waals surface area contributed by atoms with Crippen LogP contribution in [-0.4, -0.2) is 35.2 Å². The zero-order valence-electron chi connectivity index (χ0n) is 11.2. The van der Waals surface area contributed by atoms with Crippen molar-refractivity contribution in [3.05, 3.63) is 35.1 Å². The molecule has 0 unspecified atom stereocenters. The largest absolute Gasteiger partial charge is 0.478 e. The Morgan fingerprint density at radius 2 is 1.90 bits per heavy atom. The van der Waals surface area contributed by atoms with E-state index in [9.17, 15) is 22.4 Å². The number of benzene rings is 1. The molecule has 21 heavy (non-hydrogen) atoms. The Kier molecular flexibility index (Phi) is 4.51. The minimum Gasteiger partial charge on any atom is -0.478 e. The number of carboxylic acid groups (broad SMARTS) is 1. The molecule has 1 aliphatic rings. The zero-order valence-corrected chi connectivity index (χ0v) is 11.2. The van der Waals surface area contributed by atoms with Gasteiger partial charge in [-0.05, 0) is 49.7 Å². The van der Waals surface area contributed by atoms with E-state index < -0.39 is 23.9 Å². The van der Waals surface area contributed by atoms with Gasteiger partial charge in [-0.3, -0.25) is 4.90 Å². The number of aromatic carboxylic acids is 1. The highest BCUT2D eigenvalue weighted by molar-refractivity contribution is 5.89. The molecule has 116 valence electrons. The molecule has 0 aromatic heterocycles. The van der Waals surface area contributed by atoms with Crippen LogP contribution in [0, 0.1) is 11.7 Å². The highest BCUT2D eigenvalue weighted by Gasteiger charge is 2.41. The molecular formula is C14H15F4NO2. The molecule has 0 radical (unpaired) electrons. The van der Waals surface area contributed by atoms with Crippen LogP contribution in [0.25, 0.3) is 0 Å². The van der Waals surface area contributed by atoms with Crippen LogP contribution in [0.15, 0.2) is 18.2 Å². The molecule has 1 aromatic carbocycles. The zero-order chi connectivity index (χ0) is 15.6. The van der Waals surface area contributed by atoms with Gasteiger partial charge in [-0.15, -0.1) is 0 Å². The van der Waals surface area contributed by atoms with Crippen molar-refractivity contribution in [2.24, 2.45) is 5.92 Å². The summed E-state index contributed by atoms with van der Waals surface area (Å²) in [6, 6.07) is 3.36. The van der Waals surface area contributed by atoms with Crippen LogP contribution in [0.3, 0.4) is 0 Å². The molecule has 0 saturated carbocycles.